The summed E-state index contributed by atoms with van der Waals surface area (Å²) >= 11 is 0. The molecular formula is C31H39N. The monoisotopic (exact) mass is 425 g/mol. The van der Waals surface area contributed by atoms with Crippen LogP contribution >= 0.6 is 0 Å². The highest BCUT2D eigenvalue weighted by molar-refractivity contribution is 5.85. The van der Waals surface area contributed by atoms with Crippen molar-refractivity contribution < 1.29 is 0 Å². The lowest BCUT2D eigenvalue weighted by Gasteiger charge is -2.31. The van der Waals surface area contributed by atoms with Gasteiger partial charge in [-0.05, 0) is 81.2 Å². The van der Waals surface area contributed by atoms with E-state index in [9.17, 15) is 0 Å². The van der Waals surface area contributed by atoms with Crippen molar-refractivity contribution in [2.24, 2.45) is 5.92 Å². The first kappa shape index (κ1) is 22.8. The molecule has 0 amide bonds. The van der Waals surface area contributed by atoms with E-state index in [2.05, 4.69) is 104 Å². The van der Waals surface area contributed by atoms with Crippen LogP contribution in [-0.4, -0.2) is 4.98 Å². The van der Waals surface area contributed by atoms with Crippen molar-refractivity contribution >= 4 is 0 Å². The average Bonchev–Trinajstić information content (AvgIpc) is 2.94. The van der Waals surface area contributed by atoms with Crippen LogP contribution < -0.4 is 0 Å². The second-order valence-electron chi connectivity index (χ2n) is 11.7. The SMILES string of the molecule is Cc1ncccc1Cc1ccc2c(c1)C(C)(C)c1ccc(C(C)C(C)C)c(C(C)(C)C)c1-2. The fourth-order valence-corrected chi connectivity index (χ4v) is 5.47. The van der Waals surface area contributed by atoms with Gasteiger partial charge in [0.2, 0.25) is 0 Å². The fourth-order valence-electron chi connectivity index (χ4n) is 5.47. The van der Waals surface area contributed by atoms with Gasteiger partial charge in [-0.2, -0.15) is 0 Å². The topological polar surface area (TPSA) is 12.9 Å². The lowest BCUT2D eigenvalue weighted by molar-refractivity contribution is 0.509. The third-order valence-corrected chi connectivity index (χ3v) is 7.69. The zero-order chi connectivity index (χ0) is 23.4. The quantitative estimate of drug-likeness (QED) is 0.409. The molecule has 0 N–H and O–H groups in total. The van der Waals surface area contributed by atoms with Gasteiger partial charge in [0.05, 0.1) is 0 Å². The number of fused-ring (bicyclic) bond motifs is 3. The Hall–Kier alpha value is -2.41. The van der Waals surface area contributed by atoms with E-state index in [4.69, 9.17) is 0 Å². The normalized spacial score (nSPS) is 15.6. The molecule has 0 radical (unpaired) electrons. The first-order valence-corrected chi connectivity index (χ1v) is 12.1. The van der Waals surface area contributed by atoms with E-state index >= 15 is 0 Å². The van der Waals surface area contributed by atoms with Gasteiger partial charge in [0.15, 0.2) is 0 Å². The minimum atomic E-state index is 0.00422. The number of benzene rings is 2. The smallest absolute Gasteiger partial charge is 0.0407 e. The maximum atomic E-state index is 4.49. The molecule has 0 fully saturated rings. The van der Waals surface area contributed by atoms with Crippen LogP contribution in [0.25, 0.3) is 11.1 Å². The number of pyridine rings is 1. The van der Waals surface area contributed by atoms with Crippen molar-refractivity contribution in [1.29, 1.82) is 0 Å². The van der Waals surface area contributed by atoms with Crippen molar-refractivity contribution in [3.8, 4) is 11.1 Å². The molecule has 0 bridgehead atoms. The molecule has 1 heterocycles. The number of rotatable bonds is 4. The van der Waals surface area contributed by atoms with Crippen LogP contribution in [0.15, 0.2) is 48.7 Å². The van der Waals surface area contributed by atoms with Gasteiger partial charge in [-0.25, -0.2) is 0 Å². The summed E-state index contributed by atoms with van der Waals surface area (Å²) in [7, 11) is 0. The van der Waals surface area contributed by atoms with Gasteiger partial charge in [-0.15, -0.1) is 0 Å². The summed E-state index contributed by atoms with van der Waals surface area (Å²) in [5.74, 6) is 1.16. The van der Waals surface area contributed by atoms with Crippen LogP contribution in [0.3, 0.4) is 0 Å². The highest BCUT2D eigenvalue weighted by Gasteiger charge is 2.40. The maximum Gasteiger partial charge on any atom is 0.0407 e. The number of hydrogen-bond donors (Lipinski definition) is 0. The van der Waals surface area contributed by atoms with Crippen LogP contribution in [0, 0.1) is 12.8 Å². The molecule has 1 nitrogen and oxygen atoms in total. The highest BCUT2D eigenvalue weighted by Crippen LogP contribution is 2.54. The van der Waals surface area contributed by atoms with Crippen molar-refractivity contribution in [2.75, 3.05) is 0 Å². The average molecular weight is 426 g/mol. The molecule has 32 heavy (non-hydrogen) atoms. The molecule has 2 aromatic carbocycles. The number of hydrogen-bond acceptors (Lipinski definition) is 1. The molecule has 1 aliphatic carbocycles. The summed E-state index contributed by atoms with van der Waals surface area (Å²) in [6.45, 7) is 21.1. The summed E-state index contributed by atoms with van der Waals surface area (Å²) in [6.07, 6.45) is 2.81. The standard InChI is InChI=1S/C31H39N/c1-19(2)20(3)24-14-15-26-28(29(24)30(5,6)7)25-13-12-22(18-27(25)31(26,8)9)17-23-11-10-16-32-21(23)4/h10-16,18-20H,17H2,1-9H3. The molecule has 1 aromatic heterocycles. The van der Waals surface area contributed by atoms with Gasteiger partial charge < -0.3 is 0 Å². The second-order valence-corrected chi connectivity index (χ2v) is 11.7. The third kappa shape index (κ3) is 3.70. The predicted octanol–water partition coefficient (Wildman–Crippen LogP) is 8.34. The van der Waals surface area contributed by atoms with Crippen LogP contribution in [0.5, 0.6) is 0 Å². The zero-order valence-electron chi connectivity index (χ0n) is 21.4. The Labute approximate surface area is 195 Å². The minimum absolute atomic E-state index is 0.00422. The van der Waals surface area contributed by atoms with Crippen LogP contribution in [-0.2, 0) is 17.3 Å². The van der Waals surface area contributed by atoms with Gasteiger partial charge in [0.1, 0.15) is 0 Å². The van der Waals surface area contributed by atoms with E-state index in [1.165, 1.54) is 38.9 Å². The first-order valence-electron chi connectivity index (χ1n) is 12.1. The van der Waals surface area contributed by atoms with E-state index < -0.39 is 0 Å². The molecule has 168 valence electrons. The Kier molecular flexibility index (Phi) is 5.60. The Bertz CT molecular complexity index is 1160. The van der Waals surface area contributed by atoms with Gasteiger partial charge in [0, 0.05) is 17.3 Å². The number of aryl methyl sites for hydroxylation is 1. The van der Waals surface area contributed by atoms with Gasteiger partial charge in [-0.1, -0.05) is 91.8 Å². The van der Waals surface area contributed by atoms with Gasteiger partial charge in [0.25, 0.3) is 0 Å². The molecule has 1 unspecified atom stereocenters. The molecule has 4 rings (SSSR count). The van der Waals surface area contributed by atoms with Gasteiger partial charge in [-0.3, -0.25) is 4.98 Å². The summed E-state index contributed by atoms with van der Waals surface area (Å²) in [5.41, 5.74) is 12.8. The number of aromatic nitrogens is 1. The summed E-state index contributed by atoms with van der Waals surface area (Å²) in [4.78, 5) is 4.49. The van der Waals surface area contributed by atoms with E-state index in [1.807, 2.05) is 12.3 Å². The van der Waals surface area contributed by atoms with Crippen LogP contribution in [0.4, 0.5) is 0 Å². The van der Waals surface area contributed by atoms with E-state index in [0.717, 1.165) is 12.1 Å². The van der Waals surface area contributed by atoms with Crippen molar-refractivity contribution in [2.45, 2.75) is 85.5 Å². The molecule has 3 aromatic rings. The summed E-state index contributed by atoms with van der Waals surface area (Å²) in [5, 5.41) is 0. The Morgan fingerprint density at radius 1 is 0.938 bits per heavy atom. The molecule has 0 spiro atoms. The Morgan fingerprint density at radius 3 is 2.28 bits per heavy atom. The molecule has 0 aliphatic heterocycles. The molecule has 0 saturated carbocycles. The third-order valence-electron chi connectivity index (χ3n) is 7.69. The Morgan fingerprint density at radius 2 is 1.66 bits per heavy atom. The van der Waals surface area contributed by atoms with E-state index in [1.54, 1.807) is 5.56 Å². The number of nitrogens with zero attached hydrogens (tertiary/aromatic N) is 1. The molecule has 0 saturated heterocycles. The van der Waals surface area contributed by atoms with Crippen molar-refractivity contribution in [3.05, 3.63) is 87.7 Å². The van der Waals surface area contributed by atoms with Crippen molar-refractivity contribution in [3.63, 3.8) is 0 Å². The lowest BCUT2D eigenvalue weighted by atomic mass is 9.73. The lowest BCUT2D eigenvalue weighted by Crippen LogP contribution is -2.21. The van der Waals surface area contributed by atoms with Crippen LogP contribution in [0.2, 0.25) is 0 Å². The maximum absolute atomic E-state index is 4.49. The largest absolute Gasteiger partial charge is 0.261 e. The highest BCUT2D eigenvalue weighted by atomic mass is 14.7. The Balaban J connectivity index is 1.91. The molecular weight excluding hydrogens is 386 g/mol. The molecule has 1 aliphatic rings. The minimum Gasteiger partial charge on any atom is -0.261 e. The second kappa shape index (κ2) is 7.87. The zero-order valence-corrected chi connectivity index (χ0v) is 21.4. The van der Waals surface area contributed by atoms with E-state index in [-0.39, 0.29) is 10.8 Å². The molecule has 1 heteroatoms. The predicted molar refractivity (Wildman–Crippen MR) is 138 cm³/mol. The van der Waals surface area contributed by atoms with Crippen LogP contribution in [0.1, 0.15) is 100 Å². The molecule has 1 atom stereocenters. The summed E-state index contributed by atoms with van der Waals surface area (Å²) in [6, 6.07) is 16.3. The van der Waals surface area contributed by atoms with E-state index in [0.29, 0.717) is 11.8 Å². The van der Waals surface area contributed by atoms with Gasteiger partial charge >= 0.3 is 0 Å². The fraction of sp³-hybridized carbons (Fsp3) is 0.452. The first-order chi connectivity index (χ1) is 14.9. The summed E-state index contributed by atoms with van der Waals surface area (Å²) < 4.78 is 0. The van der Waals surface area contributed by atoms with Crippen molar-refractivity contribution in [1.82, 2.24) is 4.98 Å².